The maximum absolute atomic E-state index is 12.2. The van der Waals surface area contributed by atoms with Gasteiger partial charge in [-0.1, -0.05) is 12.8 Å². The minimum Gasteiger partial charge on any atom is -0.372 e. The van der Waals surface area contributed by atoms with Gasteiger partial charge in [-0.3, -0.25) is 9.59 Å². The third kappa shape index (κ3) is 5.23. The van der Waals surface area contributed by atoms with Gasteiger partial charge in [0.15, 0.2) is 0 Å². The first-order valence-corrected chi connectivity index (χ1v) is 9.89. The van der Waals surface area contributed by atoms with Gasteiger partial charge in [0, 0.05) is 50.4 Å². The quantitative estimate of drug-likeness (QED) is 0.771. The number of carbonyl (C=O) groups is 2. The Hall–Kier alpha value is -2.04. The molecule has 5 heteroatoms. The highest BCUT2D eigenvalue weighted by Crippen LogP contribution is 2.26. The van der Waals surface area contributed by atoms with Crippen molar-refractivity contribution in [3.05, 3.63) is 23.8 Å². The van der Waals surface area contributed by atoms with Crippen LogP contribution in [0.4, 0.5) is 11.4 Å². The number of aryl methyl sites for hydroxylation is 1. The average Bonchev–Trinajstić information content (AvgIpc) is 3.10. The molecule has 1 aromatic carbocycles. The summed E-state index contributed by atoms with van der Waals surface area (Å²) in [4.78, 5) is 28.4. The summed E-state index contributed by atoms with van der Waals surface area (Å²) in [6.45, 7) is 10.2. The summed E-state index contributed by atoms with van der Waals surface area (Å²) in [5.41, 5.74) is 3.11. The zero-order valence-electron chi connectivity index (χ0n) is 16.7. The molecule has 144 valence electrons. The van der Waals surface area contributed by atoms with E-state index in [1.54, 1.807) is 11.8 Å². The first-order valence-electron chi connectivity index (χ1n) is 9.89. The lowest BCUT2D eigenvalue weighted by Gasteiger charge is -2.26. The predicted octanol–water partition coefficient (Wildman–Crippen LogP) is 3.64. The summed E-state index contributed by atoms with van der Waals surface area (Å²) in [5.74, 6) is 0.0120. The molecule has 0 bridgehead atoms. The van der Waals surface area contributed by atoms with Crippen molar-refractivity contribution in [2.45, 2.75) is 65.8 Å². The fourth-order valence-corrected chi connectivity index (χ4v) is 3.76. The Kier molecular flexibility index (Phi) is 7.49. The molecular weight excluding hydrogens is 326 g/mol. The van der Waals surface area contributed by atoms with Crippen LogP contribution in [0.5, 0.6) is 0 Å². The third-order valence-corrected chi connectivity index (χ3v) is 5.26. The molecule has 1 fully saturated rings. The van der Waals surface area contributed by atoms with Crippen molar-refractivity contribution in [3.8, 4) is 0 Å². The maximum atomic E-state index is 12.2. The first kappa shape index (κ1) is 20.3. The van der Waals surface area contributed by atoms with Crippen LogP contribution in [0.25, 0.3) is 0 Å². The Morgan fingerprint density at radius 3 is 2.35 bits per heavy atom. The Bertz CT molecular complexity index is 620. The number of rotatable bonds is 8. The number of hydrogen-bond acceptors (Lipinski definition) is 3. The Morgan fingerprint density at radius 2 is 1.81 bits per heavy atom. The van der Waals surface area contributed by atoms with Gasteiger partial charge in [-0.25, -0.2) is 0 Å². The van der Waals surface area contributed by atoms with Gasteiger partial charge in [-0.15, -0.1) is 0 Å². The minimum absolute atomic E-state index is 0.0302. The molecule has 2 rings (SSSR count). The smallest absolute Gasteiger partial charge is 0.223 e. The van der Waals surface area contributed by atoms with Gasteiger partial charge in [-0.05, 0) is 57.4 Å². The summed E-state index contributed by atoms with van der Waals surface area (Å²) in [6.07, 6.45) is 4.89. The second-order valence-electron chi connectivity index (χ2n) is 7.11. The highest BCUT2D eigenvalue weighted by molar-refractivity contribution is 5.93. The van der Waals surface area contributed by atoms with Crippen molar-refractivity contribution in [3.63, 3.8) is 0 Å². The van der Waals surface area contributed by atoms with Crippen LogP contribution in [-0.2, 0) is 9.59 Å². The van der Waals surface area contributed by atoms with Crippen molar-refractivity contribution in [2.24, 2.45) is 0 Å². The second-order valence-corrected chi connectivity index (χ2v) is 7.11. The molecule has 1 aromatic rings. The second kappa shape index (κ2) is 9.60. The largest absolute Gasteiger partial charge is 0.372 e. The van der Waals surface area contributed by atoms with Gasteiger partial charge < -0.3 is 15.1 Å². The molecule has 1 aliphatic rings. The molecule has 1 N–H and O–H groups in total. The van der Waals surface area contributed by atoms with E-state index >= 15 is 0 Å². The summed E-state index contributed by atoms with van der Waals surface area (Å²) in [6, 6.07) is 6.50. The number of benzene rings is 1. The van der Waals surface area contributed by atoms with Crippen LogP contribution in [0.15, 0.2) is 18.2 Å². The van der Waals surface area contributed by atoms with E-state index in [0.29, 0.717) is 19.0 Å². The van der Waals surface area contributed by atoms with Crippen molar-refractivity contribution in [2.75, 3.05) is 29.4 Å². The molecule has 5 nitrogen and oxygen atoms in total. The van der Waals surface area contributed by atoms with Crippen molar-refractivity contribution in [1.29, 1.82) is 0 Å². The fraction of sp³-hybridized carbons (Fsp3) is 0.619. The maximum Gasteiger partial charge on any atom is 0.223 e. The Labute approximate surface area is 157 Å². The van der Waals surface area contributed by atoms with Crippen molar-refractivity contribution < 1.29 is 9.59 Å². The van der Waals surface area contributed by atoms with Gasteiger partial charge in [0.1, 0.15) is 0 Å². The summed E-state index contributed by atoms with van der Waals surface area (Å²) < 4.78 is 0. The molecule has 0 atom stereocenters. The molecule has 0 unspecified atom stereocenters. The van der Waals surface area contributed by atoms with Gasteiger partial charge in [0.25, 0.3) is 0 Å². The normalized spacial score (nSPS) is 14.3. The highest BCUT2D eigenvalue weighted by Gasteiger charge is 2.19. The van der Waals surface area contributed by atoms with Crippen LogP contribution in [0.3, 0.4) is 0 Å². The molecule has 1 saturated carbocycles. The van der Waals surface area contributed by atoms with E-state index in [1.807, 2.05) is 13.0 Å². The summed E-state index contributed by atoms with van der Waals surface area (Å²) >= 11 is 0. The van der Waals surface area contributed by atoms with E-state index in [0.717, 1.165) is 37.2 Å². The minimum atomic E-state index is -0.0302. The molecule has 0 aliphatic heterocycles. The van der Waals surface area contributed by atoms with Gasteiger partial charge in [0.05, 0.1) is 0 Å². The molecule has 2 amide bonds. The van der Waals surface area contributed by atoms with Crippen LogP contribution >= 0.6 is 0 Å². The molecule has 0 aromatic heterocycles. The monoisotopic (exact) mass is 359 g/mol. The molecule has 0 heterocycles. The van der Waals surface area contributed by atoms with Crippen molar-refractivity contribution >= 4 is 23.2 Å². The lowest BCUT2D eigenvalue weighted by atomic mass is 10.1. The van der Waals surface area contributed by atoms with Crippen LogP contribution in [0.2, 0.25) is 0 Å². The van der Waals surface area contributed by atoms with E-state index < -0.39 is 0 Å². The Balaban J connectivity index is 2.04. The molecule has 0 radical (unpaired) electrons. The number of amides is 2. The Morgan fingerprint density at radius 1 is 1.15 bits per heavy atom. The van der Waals surface area contributed by atoms with Gasteiger partial charge in [-0.2, -0.15) is 0 Å². The van der Waals surface area contributed by atoms with Crippen LogP contribution in [0, 0.1) is 6.92 Å². The van der Waals surface area contributed by atoms with E-state index in [4.69, 9.17) is 0 Å². The van der Waals surface area contributed by atoms with Crippen LogP contribution < -0.4 is 15.1 Å². The number of nitrogens with one attached hydrogen (secondary N) is 1. The van der Waals surface area contributed by atoms with E-state index in [1.165, 1.54) is 18.5 Å². The third-order valence-electron chi connectivity index (χ3n) is 5.26. The number of carbonyl (C=O) groups excluding carboxylic acids is 2. The van der Waals surface area contributed by atoms with Gasteiger partial charge in [0.2, 0.25) is 11.8 Å². The first-order chi connectivity index (χ1) is 12.5. The van der Waals surface area contributed by atoms with Crippen LogP contribution in [-0.4, -0.2) is 37.5 Å². The topological polar surface area (TPSA) is 52.6 Å². The summed E-state index contributed by atoms with van der Waals surface area (Å²) in [7, 11) is 0. The molecular formula is C21H33N3O2. The number of hydrogen-bond donors (Lipinski definition) is 1. The molecule has 0 spiro atoms. The van der Waals surface area contributed by atoms with Crippen molar-refractivity contribution in [1.82, 2.24) is 5.32 Å². The predicted molar refractivity (Wildman–Crippen MR) is 108 cm³/mol. The molecule has 0 saturated heterocycles. The number of anilines is 2. The number of nitrogens with zero attached hydrogens (tertiary/aromatic N) is 2. The zero-order valence-corrected chi connectivity index (χ0v) is 16.7. The fourth-order valence-electron chi connectivity index (χ4n) is 3.76. The van der Waals surface area contributed by atoms with E-state index in [9.17, 15) is 9.59 Å². The lowest BCUT2D eigenvalue weighted by Crippen LogP contribution is -2.37. The van der Waals surface area contributed by atoms with E-state index in [-0.39, 0.29) is 11.8 Å². The highest BCUT2D eigenvalue weighted by atomic mass is 16.2. The average molecular weight is 360 g/mol. The van der Waals surface area contributed by atoms with Crippen LogP contribution in [0.1, 0.15) is 58.4 Å². The summed E-state index contributed by atoms with van der Waals surface area (Å²) in [5, 5.41) is 3.09. The lowest BCUT2D eigenvalue weighted by molar-refractivity contribution is -0.121. The zero-order chi connectivity index (χ0) is 19.1. The standard InChI is InChI=1S/C21H33N3O2/c1-5-23(6-2)19-11-12-20(16(3)15-19)24(17(4)25)14-13-21(26)22-18-9-7-8-10-18/h11-12,15,18H,5-10,13-14H2,1-4H3,(H,22,26). The SMILES string of the molecule is CCN(CC)c1ccc(N(CCC(=O)NC2CCCC2)C(C)=O)c(C)c1. The van der Waals surface area contributed by atoms with Gasteiger partial charge >= 0.3 is 0 Å². The molecule has 1 aliphatic carbocycles. The molecule has 26 heavy (non-hydrogen) atoms. The van der Waals surface area contributed by atoms with E-state index in [2.05, 4.69) is 36.2 Å².